The Morgan fingerprint density at radius 2 is 1.83 bits per heavy atom. The molecule has 4 heteroatoms. The quantitative estimate of drug-likeness (QED) is 0.464. The van der Waals surface area contributed by atoms with Crippen LogP contribution in [0.5, 0.6) is 0 Å². The number of aromatic nitrogens is 1. The zero-order chi connectivity index (χ0) is 17.6. The van der Waals surface area contributed by atoms with E-state index < -0.39 is 0 Å². The minimum atomic E-state index is 0.200. The molecule has 24 heavy (non-hydrogen) atoms. The Morgan fingerprint density at radius 3 is 2.38 bits per heavy atom. The first-order chi connectivity index (χ1) is 11.3. The summed E-state index contributed by atoms with van der Waals surface area (Å²) in [6.45, 7) is 11.1. The lowest BCUT2D eigenvalue weighted by molar-refractivity contribution is 0.590. The maximum Gasteiger partial charge on any atom is 0.131 e. The predicted octanol–water partition coefficient (Wildman–Crippen LogP) is 6.44. The standard InChI is InChI=1S/C20H26N2S2/c1-15(2)24-19(22-18-7-6-12-21-13-18)23-14-16-8-10-17(11-9-16)20(3,4)5/h6-13,15H,14H2,1-5H3. The van der Waals surface area contributed by atoms with E-state index >= 15 is 0 Å². The van der Waals surface area contributed by atoms with Crippen molar-refractivity contribution in [2.75, 3.05) is 0 Å². The van der Waals surface area contributed by atoms with E-state index in [4.69, 9.17) is 4.99 Å². The molecule has 0 aliphatic heterocycles. The number of benzene rings is 1. The second-order valence-corrected chi connectivity index (χ2v) is 9.78. The minimum Gasteiger partial charge on any atom is -0.262 e. The molecule has 1 aromatic carbocycles. The highest BCUT2D eigenvalue weighted by Gasteiger charge is 2.13. The fraction of sp³-hybridized carbons (Fsp3) is 0.400. The smallest absolute Gasteiger partial charge is 0.131 e. The highest BCUT2D eigenvalue weighted by Crippen LogP contribution is 2.29. The molecule has 2 rings (SSSR count). The first kappa shape index (κ1) is 19.1. The van der Waals surface area contributed by atoms with Gasteiger partial charge in [0.2, 0.25) is 0 Å². The Bertz CT molecular complexity index is 656. The van der Waals surface area contributed by atoms with Crippen molar-refractivity contribution in [1.82, 2.24) is 4.98 Å². The highest BCUT2D eigenvalue weighted by molar-refractivity contribution is 8.38. The average molecular weight is 359 g/mol. The summed E-state index contributed by atoms with van der Waals surface area (Å²) in [5.74, 6) is 0.934. The predicted molar refractivity (Wildman–Crippen MR) is 110 cm³/mol. The van der Waals surface area contributed by atoms with Gasteiger partial charge in [0.25, 0.3) is 0 Å². The van der Waals surface area contributed by atoms with E-state index in [1.807, 2.05) is 12.1 Å². The lowest BCUT2D eigenvalue weighted by atomic mass is 9.87. The Morgan fingerprint density at radius 1 is 1.12 bits per heavy atom. The first-order valence-corrected chi connectivity index (χ1v) is 10.1. The van der Waals surface area contributed by atoms with E-state index in [9.17, 15) is 0 Å². The molecule has 0 N–H and O–H groups in total. The molecule has 0 saturated heterocycles. The van der Waals surface area contributed by atoms with Crippen LogP contribution in [0, 0.1) is 0 Å². The number of aliphatic imine (C=N–C) groups is 1. The number of thioether (sulfide) groups is 2. The van der Waals surface area contributed by atoms with Crippen molar-refractivity contribution in [3.63, 3.8) is 0 Å². The van der Waals surface area contributed by atoms with E-state index in [0.717, 1.165) is 15.8 Å². The van der Waals surface area contributed by atoms with Crippen molar-refractivity contribution in [1.29, 1.82) is 0 Å². The second-order valence-electron chi connectivity index (χ2n) is 6.99. The molecule has 2 nitrogen and oxygen atoms in total. The normalized spacial score (nSPS) is 12.7. The van der Waals surface area contributed by atoms with Gasteiger partial charge in [-0.3, -0.25) is 4.98 Å². The monoisotopic (exact) mass is 358 g/mol. The number of hydrogen-bond acceptors (Lipinski definition) is 4. The van der Waals surface area contributed by atoms with E-state index in [-0.39, 0.29) is 5.41 Å². The summed E-state index contributed by atoms with van der Waals surface area (Å²) in [4.78, 5) is 8.89. The lowest BCUT2D eigenvalue weighted by Gasteiger charge is -2.19. The van der Waals surface area contributed by atoms with Crippen LogP contribution in [-0.2, 0) is 11.2 Å². The second kappa shape index (κ2) is 8.72. The third-order valence-electron chi connectivity index (χ3n) is 3.39. The molecular formula is C20H26N2S2. The summed E-state index contributed by atoms with van der Waals surface area (Å²) < 4.78 is 1.10. The number of nitrogens with zero attached hydrogens (tertiary/aromatic N) is 2. The van der Waals surface area contributed by atoms with Gasteiger partial charge in [-0.2, -0.15) is 0 Å². The van der Waals surface area contributed by atoms with Crippen molar-refractivity contribution < 1.29 is 0 Å². The van der Waals surface area contributed by atoms with Crippen LogP contribution in [0.4, 0.5) is 5.69 Å². The Hall–Kier alpha value is -1.26. The zero-order valence-corrected chi connectivity index (χ0v) is 16.7. The molecule has 0 aliphatic rings. The molecule has 0 saturated carbocycles. The molecule has 128 valence electrons. The van der Waals surface area contributed by atoms with Gasteiger partial charge in [0.1, 0.15) is 4.38 Å². The maximum absolute atomic E-state index is 4.75. The van der Waals surface area contributed by atoms with Gasteiger partial charge in [-0.25, -0.2) is 4.99 Å². The molecule has 2 aromatic rings. The molecule has 0 atom stereocenters. The van der Waals surface area contributed by atoms with E-state index in [1.54, 1.807) is 35.9 Å². The van der Waals surface area contributed by atoms with E-state index in [1.165, 1.54) is 11.1 Å². The number of rotatable bonds is 4. The van der Waals surface area contributed by atoms with Gasteiger partial charge in [0.15, 0.2) is 0 Å². The highest BCUT2D eigenvalue weighted by atomic mass is 32.2. The molecule has 0 amide bonds. The number of hydrogen-bond donors (Lipinski definition) is 0. The van der Waals surface area contributed by atoms with Crippen molar-refractivity contribution in [3.05, 3.63) is 59.9 Å². The van der Waals surface area contributed by atoms with Crippen LogP contribution in [0.25, 0.3) is 0 Å². The summed E-state index contributed by atoms with van der Waals surface area (Å²) in [6.07, 6.45) is 3.58. The molecule has 0 aliphatic carbocycles. The summed E-state index contributed by atoms with van der Waals surface area (Å²) in [6, 6.07) is 12.9. The fourth-order valence-corrected chi connectivity index (χ4v) is 4.31. The average Bonchev–Trinajstić information content (AvgIpc) is 2.53. The summed E-state index contributed by atoms with van der Waals surface area (Å²) >= 11 is 3.60. The maximum atomic E-state index is 4.75. The van der Waals surface area contributed by atoms with Crippen molar-refractivity contribution in [3.8, 4) is 0 Å². The van der Waals surface area contributed by atoms with Crippen LogP contribution in [-0.4, -0.2) is 14.6 Å². The third kappa shape index (κ3) is 6.33. The summed E-state index contributed by atoms with van der Waals surface area (Å²) in [5, 5.41) is 0.510. The largest absolute Gasteiger partial charge is 0.262 e. The lowest BCUT2D eigenvalue weighted by Crippen LogP contribution is -2.10. The third-order valence-corrected chi connectivity index (χ3v) is 5.61. The zero-order valence-electron chi connectivity index (χ0n) is 15.1. The van der Waals surface area contributed by atoms with E-state index in [0.29, 0.717) is 5.25 Å². The van der Waals surface area contributed by atoms with Crippen LogP contribution in [0.15, 0.2) is 53.8 Å². The van der Waals surface area contributed by atoms with Crippen LogP contribution < -0.4 is 0 Å². The topological polar surface area (TPSA) is 25.2 Å². The molecule has 0 radical (unpaired) electrons. The van der Waals surface area contributed by atoms with Crippen molar-refractivity contribution in [2.45, 2.75) is 51.0 Å². The van der Waals surface area contributed by atoms with Gasteiger partial charge in [0, 0.05) is 17.2 Å². The van der Waals surface area contributed by atoms with Gasteiger partial charge >= 0.3 is 0 Å². The van der Waals surface area contributed by atoms with Crippen LogP contribution in [0.3, 0.4) is 0 Å². The van der Waals surface area contributed by atoms with Gasteiger partial charge in [0.05, 0.1) is 11.9 Å². The summed E-state index contributed by atoms with van der Waals surface area (Å²) in [5.41, 5.74) is 3.82. The van der Waals surface area contributed by atoms with Gasteiger partial charge < -0.3 is 0 Å². The SMILES string of the molecule is CC(C)SC(=Nc1cccnc1)SCc1ccc(C(C)(C)C)cc1. The van der Waals surface area contributed by atoms with Crippen LogP contribution in [0.1, 0.15) is 45.7 Å². The Kier molecular flexibility index (Phi) is 6.93. The van der Waals surface area contributed by atoms with Crippen molar-refractivity contribution >= 4 is 33.6 Å². The van der Waals surface area contributed by atoms with Crippen molar-refractivity contribution in [2.24, 2.45) is 4.99 Å². The molecule has 0 bridgehead atoms. The first-order valence-electron chi connectivity index (χ1n) is 8.22. The van der Waals surface area contributed by atoms with E-state index in [2.05, 4.69) is 63.9 Å². The Balaban J connectivity index is 2.06. The molecule has 0 fully saturated rings. The van der Waals surface area contributed by atoms with Gasteiger partial charge in [-0.1, -0.05) is 82.4 Å². The molecular weight excluding hydrogens is 332 g/mol. The number of pyridine rings is 1. The Labute approximate surface area is 154 Å². The summed E-state index contributed by atoms with van der Waals surface area (Å²) in [7, 11) is 0. The molecule has 0 spiro atoms. The van der Waals surface area contributed by atoms with Gasteiger partial charge in [-0.15, -0.1) is 0 Å². The molecule has 0 unspecified atom stereocenters. The molecule has 1 aromatic heterocycles. The van der Waals surface area contributed by atoms with Crippen LogP contribution in [0.2, 0.25) is 0 Å². The van der Waals surface area contributed by atoms with Gasteiger partial charge in [-0.05, 0) is 28.7 Å². The molecule has 1 heterocycles. The minimum absolute atomic E-state index is 0.200. The van der Waals surface area contributed by atoms with Crippen LogP contribution >= 0.6 is 23.5 Å². The fourth-order valence-electron chi connectivity index (χ4n) is 2.07.